The lowest BCUT2D eigenvalue weighted by molar-refractivity contribution is -0.141. The van der Waals surface area contributed by atoms with E-state index in [1.807, 2.05) is 0 Å². The highest BCUT2D eigenvalue weighted by Crippen LogP contribution is 2.07. The third kappa shape index (κ3) is 2.99. The SMILES string of the molecule is CC(=O)Nc1nc2c(ncn2CCOC(C)=O)c(=O)[nH]1. The summed E-state index contributed by atoms with van der Waals surface area (Å²) in [4.78, 5) is 43.9. The molecule has 0 aliphatic heterocycles. The van der Waals surface area contributed by atoms with E-state index in [2.05, 4.69) is 20.3 Å². The van der Waals surface area contributed by atoms with Gasteiger partial charge in [-0.3, -0.25) is 24.7 Å². The first-order valence-corrected chi connectivity index (χ1v) is 5.83. The minimum atomic E-state index is -0.454. The Kier molecular flexibility index (Phi) is 3.78. The number of esters is 1. The summed E-state index contributed by atoms with van der Waals surface area (Å²) in [5, 5.41) is 2.40. The van der Waals surface area contributed by atoms with Crippen molar-refractivity contribution in [2.24, 2.45) is 0 Å². The third-order valence-corrected chi connectivity index (χ3v) is 2.41. The molecule has 0 unspecified atom stereocenters. The first kappa shape index (κ1) is 13.7. The standard InChI is InChI=1S/C11H13N5O4/c1-6(17)13-11-14-9-8(10(19)15-11)12-5-16(9)3-4-20-7(2)18/h5H,3-4H2,1-2H3,(H2,13,14,15,17,19). The first-order chi connectivity index (χ1) is 9.47. The molecule has 2 rings (SSSR count). The minimum Gasteiger partial charge on any atom is -0.464 e. The Morgan fingerprint density at radius 3 is 2.85 bits per heavy atom. The van der Waals surface area contributed by atoms with E-state index >= 15 is 0 Å². The van der Waals surface area contributed by atoms with Crippen molar-refractivity contribution in [2.75, 3.05) is 11.9 Å². The summed E-state index contributed by atoms with van der Waals surface area (Å²) in [6.07, 6.45) is 1.42. The number of rotatable bonds is 4. The minimum absolute atomic E-state index is 0.0456. The molecule has 20 heavy (non-hydrogen) atoms. The average Bonchev–Trinajstić information content (AvgIpc) is 2.72. The molecule has 9 heteroatoms. The van der Waals surface area contributed by atoms with Gasteiger partial charge in [0, 0.05) is 13.8 Å². The number of nitrogens with zero attached hydrogens (tertiary/aromatic N) is 3. The molecule has 0 aliphatic carbocycles. The lowest BCUT2D eigenvalue weighted by Crippen LogP contribution is -2.17. The number of hydrogen-bond acceptors (Lipinski definition) is 6. The second-order valence-electron chi connectivity index (χ2n) is 4.05. The number of fused-ring (bicyclic) bond motifs is 1. The number of H-pyrrole nitrogens is 1. The van der Waals surface area contributed by atoms with Crippen molar-refractivity contribution in [3.8, 4) is 0 Å². The predicted octanol–water partition coefficient (Wildman–Crippen LogP) is -0.359. The molecule has 9 nitrogen and oxygen atoms in total. The van der Waals surface area contributed by atoms with Crippen LogP contribution < -0.4 is 10.9 Å². The van der Waals surface area contributed by atoms with E-state index in [-0.39, 0.29) is 29.9 Å². The fraction of sp³-hybridized carbons (Fsp3) is 0.364. The maximum Gasteiger partial charge on any atom is 0.302 e. The number of aromatic nitrogens is 4. The summed E-state index contributed by atoms with van der Waals surface area (Å²) in [6.45, 7) is 3.07. The van der Waals surface area contributed by atoms with E-state index in [1.165, 1.54) is 20.2 Å². The number of hydrogen-bond donors (Lipinski definition) is 2. The molecule has 0 saturated heterocycles. The molecule has 0 radical (unpaired) electrons. The molecule has 106 valence electrons. The molecule has 0 saturated carbocycles. The van der Waals surface area contributed by atoms with E-state index in [0.29, 0.717) is 12.2 Å². The highest BCUT2D eigenvalue weighted by molar-refractivity contribution is 5.87. The maximum atomic E-state index is 11.8. The van der Waals surface area contributed by atoms with Gasteiger partial charge in [-0.1, -0.05) is 0 Å². The fourth-order valence-electron chi connectivity index (χ4n) is 1.63. The summed E-state index contributed by atoms with van der Waals surface area (Å²) in [5.74, 6) is -0.693. The Morgan fingerprint density at radius 1 is 1.45 bits per heavy atom. The summed E-state index contributed by atoms with van der Waals surface area (Å²) in [6, 6.07) is 0. The Morgan fingerprint density at radius 2 is 2.20 bits per heavy atom. The van der Waals surface area contributed by atoms with Crippen LogP contribution >= 0.6 is 0 Å². The number of ether oxygens (including phenoxy) is 1. The van der Waals surface area contributed by atoms with Crippen LogP contribution in [0.4, 0.5) is 5.95 Å². The Bertz CT molecular complexity index is 717. The van der Waals surface area contributed by atoms with E-state index in [0.717, 1.165) is 0 Å². The monoisotopic (exact) mass is 279 g/mol. The molecule has 2 aromatic rings. The normalized spacial score (nSPS) is 10.5. The lowest BCUT2D eigenvalue weighted by Gasteiger charge is -2.05. The molecule has 0 aromatic carbocycles. The van der Waals surface area contributed by atoms with Crippen molar-refractivity contribution in [2.45, 2.75) is 20.4 Å². The highest BCUT2D eigenvalue weighted by Gasteiger charge is 2.11. The van der Waals surface area contributed by atoms with Crippen molar-refractivity contribution in [3.05, 3.63) is 16.7 Å². The van der Waals surface area contributed by atoms with Crippen molar-refractivity contribution < 1.29 is 14.3 Å². The Hall–Kier alpha value is -2.71. The van der Waals surface area contributed by atoms with Crippen LogP contribution in [0.1, 0.15) is 13.8 Å². The van der Waals surface area contributed by atoms with Gasteiger partial charge < -0.3 is 9.30 Å². The summed E-state index contributed by atoms with van der Waals surface area (Å²) < 4.78 is 6.39. The smallest absolute Gasteiger partial charge is 0.302 e. The molecule has 2 aromatic heterocycles. The number of amides is 1. The quantitative estimate of drug-likeness (QED) is 0.738. The van der Waals surface area contributed by atoms with Crippen LogP contribution in [0.5, 0.6) is 0 Å². The summed E-state index contributed by atoms with van der Waals surface area (Å²) >= 11 is 0. The Labute approximate surface area is 113 Å². The highest BCUT2D eigenvalue weighted by atomic mass is 16.5. The summed E-state index contributed by atoms with van der Waals surface area (Å²) in [5.41, 5.74) is 0.0107. The molecule has 0 spiro atoms. The molecular formula is C11H13N5O4. The van der Waals surface area contributed by atoms with Crippen molar-refractivity contribution in [3.63, 3.8) is 0 Å². The van der Waals surface area contributed by atoms with E-state index in [1.54, 1.807) is 4.57 Å². The third-order valence-electron chi connectivity index (χ3n) is 2.41. The van der Waals surface area contributed by atoms with Gasteiger partial charge in [-0.15, -0.1) is 0 Å². The van der Waals surface area contributed by atoms with Crippen LogP contribution in [0, 0.1) is 0 Å². The maximum absolute atomic E-state index is 11.8. The van der Waals surface area contributed by atoms with Crippen LogP contribution in [0.25, 0.3) is 11.2 Å². The zero-order valence-corrected chi connectivity index (χ0v) is 11.0. The molecule has 2 N–H and O–H groups in total. The predicted molar refractivity (Wildman–Crippen MR) is 69.1 cm³/mol. The molecule has 1 amide bonds. The second kappa shape index (κ2) is 5.51. The van der Waals surface area contributed by atoms with Gasteiger partial charge in [0.15, 0.2) is 11.2 Å². The van der Waals surface area contributed by atoms with Gasteiger partial charge in [-0.2, -0.15) is 4.98 Å². The van der Waals surface area contributed by atoms with Crippen molar-refractivity contribution in [1.29, 1.82) is 0 Å². The van der Waals surface area contributed by atoms with Gasteiger partial charge >= 0.3 is 5.97 Å². The average molecular weight is 279 g/mol. The van der Waals surface area contributed by atoms with Gasteiger partial charge in [0.25, 0.3) is 5.56 Å². The van der Waals surface area contributed by atoms with E-state index in [4.69, 9.17) is 4.74 Å². The summed E-state index contributed by atoms with van der Waals surface area (Å²) in [7, 11) is 0. The van der Waals surface area contributed by atoms with Gasteiger partial charge in [0.1, 0.15) is 6.61 Å². The number of anilines is 1. The molecule has 0 aliphatic rings. The molecular weight excluding hydrogens is 266 g/mol. The van der Waals surface area contributed by atoms with E-state index in [9.17, 15) is 14.4 Å². The number of carbonyl (C=O) groups is 2. The zero-order chi connectivity index (χ0) is 14.7. The lowest BCUT2D eigenvalue weighted by atomic mass is 10.5. The van der Waals surface area contributed by atoms with Gasteiger partial charge in [-0.25, -0.2) is 4.98 Å². The van der Waals surface area contributed by atoms with Gasteiger partial charge in [0.2, 0.25) is 11.9 Å². The van der Waals surface area contributed by atoms with Crippen LogP contribution in [0.15, 0.2) is 11.1 Å². The number of imidazole rings is 1. The van der Waals surface area contributed by atoms with Crippen LogP contribution in [0.3, 0.4) is 0 Å². The van der Waals surface area contributed by atoms with Crippen LogP contribution in [-0.2, 0) is 20.9 Å². The first-order valence-electron chi connectivity index (χ1n) is 5.83. The van der Waals surface area contributed by atoms with Gasteiger partial charge in [0.05, 0.1) is 12.9 Å². The number of nitrogens with one attached hydrogen (secondary N) is 2. The van der Waals surface area contributed by atoms with Gasteiger partial charge in [-0.05, 0) is 0 Å². The molecule has 2 heterocycles. The second-order valence-corrected chi connectivity index (χ2v) is 4.05. The van der Waals surface area contributed by atoms with Crippen molar-refractivity contribution >= 4 is 29.0 Å². The fourth-order valence-corrected chi connectivity index (χ4v) is 1.63. The number of aromatic amines is 1. The van der Waals surface area contributed by atoms with Crippen molar-refractivity contribution in [1.82, 2.24) is 19.5 Å². The zero-order valence-electron chi connectivity index (χ0n) is 11.0. The largest absolute Gasteiger partial charge is 0.464 e. The Balaban J connectivity index is 2.32. The van der Waals surface area contributed by atoms with E-state index < -0.39 is 5.56 Å². The molecule has 0 atom stereocenters. The van der Waals surface area contributed by atoms with Crippen LogP contribution in [0.2, 0.25) is 0 Å². The molecule has 0 fully saturated rings. The van der Waals surface area contributed by atoms with Crippen LogP contribution in [-0.4, -0.2) is 38.0 Å². The topological polar surface area (TPSA) is 119 Å². The molecule has 0 bridgehead atoms. The number of carbonyl (C=O) groups excluding carboxylic acids is 2.